The number of nitrogens with zero attached hydrogens (tertiary/aromatic N) is 1. The summed E-state index contributed by atoms with van der Waals surface area (Å²) >= 11 is 13.4. The number of aromatic nitrogens is 1. The standard InChI is InChI=1S/C13H9BrClFN2O2S/c1-20-13(19)12-8(15)10(17)9(16)11(18-12)5-2-3-6(14)7(21)4-5/h2-4,21H,1H3,(H2,17,18). The van der Waals surface area contributed by atoms with Crippen LogP contribution in [0.15, 0.2) is 27.6 Å². The number of thiol groups is 1. The lowest BCUT2D eigenvalue weighted by molar-refractivity contribution is 0.0594. The van der Waals surface area contributed by atoms with E-state index in [9.17, 15) is 9.18 Å². The Balaban J connectivity index is 2.71. The molecule has 2 rings (SSSR count). The molecule has 4 nitrogen and oxygen atoms in total. The number of rotatable bonds is 2. The molecule has 0 aliphatic rings. The number of methoxy groups -OCH3 is 1. The third kappa shape index (κ3) is 3.00. The van der Waals surface area contributed by atoms with Crippen molar-refractivity contribution in [2.75, 3.05) is 12.8 Å². The molecule has 1 aromatic heterocycles. The van der Waals surface area contributed by atoms with Crippen molar-refractivity contribution in [3.63, 3.8) is 0 Å². The van der Waals surface area contributed by atoms with Crippen molar-refractivity contribution in [1.29, 1.82) is 0 Å². The van der Waals surface area contributed by atoms with Gasteiger partial charge in [0.15, 0.2) is 11.5 Å². The van der Waals surface area contributed by atoms with E-state index < -0.39 is 11.8 Å². The lowest BCUT2D eigenvalue weighted by atomic mass is 10.1. The van der Waals surface area contributed by atoms with E-state index in [0.29, 0.717) is 10.5 Å². The van der Waals surface area contributed by atoms with Crippen molar-refractivity contribution in [1.82, 2.24) is 4.98 Å². The van der Waals surface area contributed by atoms with E-state index in [0.717, 1.165) is 4.47 Å². The van der Waals surface area contributed by atoms with Crippen LogP contribution in [-0.4, -0.2) is 18.1 Å². The summed E-state index contributed by atoms with van der Waals surface area (Å²) in [4.78, 5) is 16.2. The second-order valence-corrected chi connectivity index (χ2v) is 5.72. The number of ether oxygens (including phenoxy) is 1. The molecule has 0 saturated carbocycles. The predicted molar refractivity (Wildman–Crippen MR) is 85.3 cm³/mol. The van der Waals surface area contributed by atoms with Crippen LogP contribution in [0.4, 0.5) is 10.1 Å². The summed E-state index contributed by atoms with van der Waals surface area (Å²) in [5.41, 5.74) is 5.32. The van der Waals surface area contributed by atoms with Crippen LogP contribution in [0.25, 0.3) is 11.3 Å². The van der Waals surface area contributed by atoms with Crippen LogP contribution >= 0.6 is 40.2 Å². The molecule has 0 amide bonds. The number of hydrogen-bond donors (Lipinski definition) is 2. The topological polar surface area (TPSA) is 65.2 Å². The van der Waals surface area contributed by atoms with Gasteiger partial charge in [0.2, 0.25) is 0 Å². The number of carbonyl (C=O) groups is 1. The number of carbonyl (C=O) groups excluding carboxylic acids is 1. The molecule has 1 aromatic carbocycles. The maximum atomic E-state index is 14.3. The van der Waals surface area contributed by atoms with Crippen molar-refractivity contribution in [3.05, 3.63) is 39.2 Å². The van der Waals surface area contributed by atoms with Crippen molar-refractivity contribution in [3.8, 4) is 11.3 Å². The SMILES string of the molecule is COC(=O)c1nc(-c2ccc(Br)c(S)c2)c(F)c(N)c1Cl. The van der Waals surface area contributed by atoms with E-state index in [-0.39, 0.29) is 22.1 Å². The second-order valence-electron chi connectivity index (χ2n) is 4.01. The first-order valence-electron chi connectivity index (χ1n) is 5.58. The van der Waals surface area contributed by atoms with Crippen molar-refractivity contribution >= 4 is 51.8 Å². The molecule has 0 saturated heterocycles. The molecule has 2 aromatic rings. The van der Waals surface area contributed by atoms with Crippen molar-refractivity contribution < 1.29 is 13.9 Å². The van der Waals surface area contributed by atoms with Gasteiger partial charge in [-0.3, -0.25) is 0 Å². The Hall–Kier alpha value is -1.31. The molecule has 0 radical (unpaired) electrons. The fourth-order valence-corrected chi connectivity index (χ4v) is 2.31. The number of hydrogen-bond acceptors (Lipinski definition) is 5. The first-order valence-corrected chi connectivity index (χ1v) is 7.20. The molecule has 2 N–H and O–H groups in total. The lowest BCUT2D eigenvalue weighted by Crippen LogP contribution is -2.10. The number of halogens is 3. The van der Waals surface area contributed by atoms with Gasteiger partial charge < -0.3 is 10.5 Å². The Kier molecular flexibility index (Phi) is 4.75. The molecular weight excluding hydrogens is 383 g/mol. The molecule has 8 heteroatoms. The Morgan fingerprint density at radius 1 is 1.52 bits per heavy atom. The summed E-state index contributed by atoms with van der Waals surface area (Å²) in [7, 11) is 1.17. The number of nitrogen functional groups attached to an aromatic ring is 1. The normalized spacial score (nSPS) is 10.5. The highest BCUT2D eigenvalue weighted by atomic mass is 79.9. The maximum absolute atomic E-state index is 14.3. The minimum absolute atomic E-state index is 0.0971. The Bertz CT molecular complexity index is 743. The van der Waals surface area contributed by atoms with E-state index in [1.54, 1.807) is 18.2 Å². The van der Waals surface area contributed by atoms with Crippen molar-refractivity contribution in [2.24, 2.45) is 0 Å². The lowest BCUT2D eigenvalue weighted by Gasteiger charge is -2.11. The first kappa shape index (κ1) is 16.1. The van der Waals surface area contributed by atoms with E-state index in [1.165, 1.54) is 7.11 Å². The highest BCUT2D eigenvalue weighted by Crippen LogP contribution is 2.34. The van der Waals surface area contributed by atoms with E-state index in [4.69, 9.17) is 17.3 Å². The third-order valence-electron chi connectivity index (χ3n) is 2.71. The van der Waals surface area contributed by atoms with Gasteiger partial charge in [0.25, 0.3) is 0 Å². The smallest absolute Gasteiger partial charge is 0.358 e. The monoisotopic (exact) mass is 390 g/mol. The molecule has 0 atom stereocenters. The summed E-state index contributed by atoms with van der Waals surface area (Å²) < 4.78 is 19.6. The van der Waals surface area contributed by atoms with Gasteiger partial charge in [-0.1, -0.05) is 17.7 Å². The number of benzene rings is 1. The van der Waals surface area contributed by atoms with E-state index >= 15 is 0 Å². The van der Waals surface area contributed by atoms with E-state index in [2.05, 4.69) is 38.3 Å². The Labute approximate surface area is 139 Å². The van der Waals surface area contributed by atoms with Gasteiger partial charge in [0, 0.05) is 14.9 Å². The Morgan fingerprint density at radius 2 is 2.19 bits per heavy atom. The minimum Gasteiger partial charge on any atom is -0.464 e. The molecule has 21 heavy (non-hydrogen) atoms. The highest BCUT2D eigenvalue weighted by molar-refractivity contribution is 9.10. The summed E-state index contributed by atoms with van der Waals surface area (Å²) in [6.45, 7) is 0. The molecule has 0 aliphatic heterocycles. The van der Waals surface area contributed by atoms with Crippen LogP contribution in [0.3, 0.4) is 0 Å². The van der Waals surface area contributed by atoms with Crippen LogP contribution in [0.1, 0.15) is 10.5 Å². The average molecular weight is 392 g/mol. The van der Waals surface area contributed by atoms with Crippen LogP contribution < -0.4 is 5.73 Å². The van der Waals surface area contributed by atoms with Gasteiger partial charge in [-0.25, -0.2) is 14.2 Å². The van der Waals surface area contributed by atoms with Gasteiger partial charge in [-0.05, 0) is 28.1 Å². The largest absolute Gasteiger partial charge is 0.464 e. The number of esters is 1. The minimum atomic E-state index is -0.803. The molecule has 0 bridgehead atoms. The zero-order valence-electron chi connectivity index (χ0n) is 10.7. The fraction of sp³-hybridized carbons (Fsp3) is 0.0769. The van der Waals surface area contributed by atoms with Crippen LogP contribution in [0.5, 0.6) is 0 Å². The number of anilines is 1. The van der Waals surface area contributed by atoms with E-state index in [1.807, 2.05) is 0 Å². The first-order chi connectivity index (χ1) is 9.86. The summed E-state index contributed by atoms with van der Waals surface area (Å²) in [6, 6.07) is 4.89. The molecular formula is C13H9BrClFN2O2S. The summed E-state index contributed by atoms with van der Waals surface area (Å²) in [6.07, 6.45) is 0. The number of pyridine rings is 1. The molecule has 0 fully saturated rings. The molecule has 110 valence electrons. The predicted octanol–water partition coefficient (Wildman–Crippen LogP) is 3.96. The summed E-state index contributed by atoms with van der Waals surface area (Å²) in [5.74, 6) is -1.60. The zero-order valence-corrected chi connectivity index (χ0v) is 13.9. The van der Waals surface area contributed by atoms with Gasteiger partial charge in [0.05, 0.1) is 17.8 Å². The quantitative estimate of drug-likeness (QED) is 0.601. The van der Waals surface area contributed by atoms with Gasteiger partial charge in [-0.15, -0.1) is 12.6 Å². The summed E-state index contributed by atoms with van der Waals surface area (Å²) in [5, 5.41) is -0.272. The fourth-order valence-electron chi connectivity index (χ4n) is 1.64. The molecule has 0 unspecified atom stereocenters. The van der Waals surface area contributed by atoms with Crippen LogP contribution in [0, 0.1) is 5.82 Å². The zero-order chi connectivity index (χ0) is 15.7. The second kappa shape index (κ2) is 6.21. The Morgan fingerprint density at radius 3 is 2.76 bits per heavy atom. The molecule has 0 spiro atoms. The van der Waals surface area contributed by atoms with Gasteiger partial charge in [-0.2, -0.15) is 0 Å². The van der Waals surface area contributed by atoms with Crippen LogP contribution in [0.2, 0.25) is 5.02 Å². The molecule has 0 aliphatic carbocycles. The molecule has 1 heterocycles. The highest BCUT2D eigenvalue weighted by Gasteiger charge is 2.22. The average Bonchev–Trinajstić information content (AvgIpc) is 2.47. The third-order valence-corrected chi connectivity index (χ3v) is 4.46. The maximum Gasteiger partial charge on any atom is 0.358 e. The van der Waals surface area contributed by atoms with Crippen molar-refractivity contribution in [2.45, 2.75) is 4.90 Å². The van der Waals surface area contributed by atoms with Gasteiger partial charge >= 0.3 is 5.97 Å². The number of nitrogens with two attached hydrogens (primary N) is 1. The van der Waals surface area contributed by atoms with Gasteiger partial charge in [0.1, 0.15) is 5.69 Å². The van der Waals surface area contributed by atoms with Crippen LogP contribution in [-0.2, 0) is 4.74 Å².